The molecule has 0 saturated carbocycles. The lowest BCUT2D eigenvalue weighted by molar-refractivity contribution is 0.0730. The number of fused-ring (bicyclic) bond motifs is 1. The fourth-order valence-electron chi connectivity index (χ4n) is 3.61. The number of carbonyl (C=O) groups is 2. The van der Waals surface area contributed by atoms with E-state index < -0.39 is 11.9 Å². The summed E-state index contributed by atoms with van der Waals surface area (Å²) in [6.45, 7) is 3.84. The highest BCUT2D eigenvalue weighted by molar-refractivity contribution is 7.21. The highest BCUT2D eigenvalue weighted by Crippen LogP contribution is 2.32. The van der Waals surface area contributed by atoms with Crippen molar-refractivity contribution in [3.8, 4) is 22.1 Å². The van der Waals surface area contributed by atoms with Gasteiger partial charge in [0.15, 0.2) is 0 Å². The van der Waals surface area contributed by atoms with Crippen molar-refractivity contribution in [2.24, 2.45) is 0 Å². The number of aromatic nitrogens is 1. The van der Waals surface area contributed by atoms with E-state index in [1.807, 2.05) is 24.3 Å². The van der Waals surface area contributed by atoms with Crippen LogP contribution in [-0.2, 0) is 0 Å². The van der Waals surface area contributed by atoms with Gasteiger partial charge in [-0.1, -0.05) is 24.3 Å². The Morgan fingerprint density at radius 1 is 0.743 bits per heavy atom. The van der Waals surface area contributed by atoms with Crippen LogP contribution in [-0.4, -0.2) is 16.9 Å². The van der Waals surface area contributed by atoms with Crippen molar-refractivity contribution < 1.29 is 19.1 Å². The molecule has 0 amide bonds. The number of carbonyl (C=O) groups excluding carboxylic acids is 2. The second-order valence-corrected chi connectivity index (χ2v) is 9.17. The van der Waals surface area contributed by atoms with Gasteiger partial charge in [-0.25, -0.2) is 14.6 Å². The summed E-state index contributed by atoms with van der Waals surface area (Å²) >= 11 is 1.63. The SMILES string of the molecule is Cc1ccc2nc(-c3ccc(OC(=O)c4ccc(OC(=O)c5ccccc5)c(C)c4)cc3)sc2c1. The molecule has 0 saturated heterocycles. The van der Waals surface area contributed by atoms with Gasteiger partial charge in [-0.15, -0.1) is 11.3 Å². The van der Waals surface area contributed by atoms with Gasteiger partial charge in [0.25, 0.3) is 0 Å². The summed E-state index contributed by atoms with van der Waals surface area (Å²) in [6.07, 6.45) is 0. The fourth-order valence-corrected chi connectivity index (χ4v) is 4.68. The predicted molar refractivity (Wildman–Crippen MR) is 137 cm³/mol. The molecule has 0 unspecified atom stereocenters. The molecule has 0 bridgehead atoms. The maximum atomic E-state index is 12.7. The van der Waals surface area contributed by atoms with E-state index in [0.29, 0.717) is 28.2 Å². The van der Waals surface area contributed by atoms with Gasteiger partial charge in [0.2, 0.25) is 0 Å². The van der Waals surface area contributed by atoms with Gasteiger partial charge in [-0.2, -0.15) is 0 Å². The molecular weight excluding hydrogens is 458 g/mol. The fraction of sp³-hybridized carbons (Fsp3) is 0.0690. The standard InChI is InChI=1S/C29H21NO4S/c1-18-8-14-24-26(16-18)35-27(30-24)20-9-12-23(13-10-20)33-29(32)22-11-15-25(19(2)17-22)34-28(31)21-6-4-3-5-7-21/h3-17H,1-2H3. The van der Waals surface area contributed by atoms with Crippen LogP contribution in [0.3, 0.4) is 0 Å². The first-order valence-corrected chi connectivity index (χ1v) is 11.9. The molecule has 0 radical (unpaired) electrons. The number of esters is 2. The molecule has 35 heavy (non-hydrogen) atoms. The summed E-state index contributed by atoms with van der Waals surface area (Å²) in [6, 6.07) is 27.1. The van der Waals surface area contributed by atoms with E-state index in [4.69, 9.17) is 14.5 Å². The quantitative estimate of drug-likeness (QED) is 0.200. The Balaban J connectivity index is 1.26. The van der Waals surface area contributed by atoms with E-state index in [1.54, 1.807) is 72.9 Å². The lowest BCUT2D eigenvalue weighted by Crippen LogP contribution is -2.11. The zero-order valence-electron chi connectivity index (χ0n) is 19.1. The zero-order valence-corrected chi connectivity index (χ0v) is 20.0. The molecule has 6 heteroatoms. The third-order valence-corrected chi connectivity index (χ3v) is 6.55. The smallest absolute Gasteiger partial charge is 0.343 e. The molecular formula is C29H21NO4S. The Morgan fingerprint density at radius 2 is 1.49 bits per heavy atom. The van der Waals surface area contributed by atoms with Gasteiger partial charge in [-0.3, -0.25) is 0 Å². The molecule has 0 aliphatic carbocycles. The second-order valence-electron chi connectivity index (χ2n) is 8.14. The molecule has 0 aliphatic heterocycles. The van der Waals surface area contributed by atoms with E-state index in [9.17, 15) is 9.59 Å². The molecule has 0 fully saturated rings. The first-order valence-electron chi connectivity index (χ1n) is 11.0. The maximum absolute atomic E-state index is 12.7. The predicted octanol–water partition coefficient (Wildman–Crippen LogP) is 7.02. The number of benzene rings is 4. The number of ether oxygens (including phenoxy) is 2. The van der Waals surface area contributed by atoms with Crippen molar-refractivity contribution in [2.75, 3.05) is 0 Å². The average molecular weight is 480 g/mol. The van der Waals surface area contributed by atoms with Crippen molar-refractivity contribution >= 4 is 33.5 Å². The van der Waals surface area contributed by atoms with Crippen LogP contribution in [0.5, 0.6) is 11.5 Å². The normalized spacial score (nSPS) is 10.8. The van der Waals surface area contributed by atoms with Crippen molar-refractivity contribution in [3.63, 3.8) is 0 Å². The third kappa shape index (κ3) is 4.98. The Kier molecular flexibility index (Phi) is 6.12. The maximum Gasteiger partial charge on any atom is 0.343 e. The van der Waals surface area contributed by atoms with Crippen LogP contribution < -0.4 is 9.47 Å². The van der Waals surface area contributed by atoms with Gasteiger partial charge < -0.3 is 9.47 Å². The van der Waals surface area contributed by atoms with Crippen LogP contribution in [0.4, 0.5) is 0 Å². The van der Waals surface area contributed by atoms with E-state index in [-0.39, 0.29) is 0 Å². The van der Waals surface area contributed by atoms with Crippen LogP contribution in [0.25, 0.3) is 20.8 Å². The Bertz CT molecular complexity index is 1540. The second kappa shape index (κ2) is 9.52. The lowest BCUT2D eigenvalue weighted by Gasteiger charge is -2.10. The largest absolute Gasteiger partial charge is 0.423 e. The van der Waals surface area contributed by atoms with Crippen molar-refractivity contribution in [2.45, 2.75) is 13.8 Å². The minimum atomic E-state index is -0.489. The van der Waals surface area contributed by atoms with E-state index >= 15 is 0 Å². The van der Waals surface area contributed by atoms with Gasteiger partial charge in [0.05, 0.1) is 21.3 Å². The van der Waals surface area contributed by atoms with Crippen LogP contribution in [0.15, 0.2) is 91.0 Å². The van der Waals surface area contributed by atoms with Gasteiger partial charge in [0, 0.05) is 5.56 Å². The number of rotatable bonds is 5. The van der Waals surface area contributed by atoms with Gasteiger partial charge in [-0.05, 0) is 91.7 Å². The average Bonchev–Trinajstić information content (AvgIpc) is 3.29. The number of hydrogen-bond acceptors (Lipinski definition) is 6. The van der Waals surface area contributed by atoms with Crippen molar-refractivity contribution in [1.82, 2.24) is 4.98 Å². The molecule has 0 N–H and O–H groups in total. The molecule has 1 aromatic heterocycles. The molecule has 5 nitrogen and oxygen atoms in total. The molecule has 0 spiro atoms. The number of nitrogens with zero attached hydrogens (tertiary/aromatic N) is 1. The molecule has 0 atom stereocenters. The molecule has 5 aromatic rings. The Morgan fingerprint density at radius 3 is 2.23 bits per heavy atom. The highest BCUT2D eigenvalue weighted by Gasteiger charge is 2.14. The highest BCUT2D eigenvalue weighted by atomic mass is 32.1. The number of aryl methyl sites for hydroxylation is 2. The first-order chi connectivity index (χ1) is 17.0. The number of thiazole rings is 1. The van der Waals surface area contributed by atoms with Crippen LogP contribution in [0, 0.1) is 13.8 Å². The molecule has 0 aliphatic rings. The molecule has 5 rings (SSSR count). The molecule has 1 heterocycles. The monoisotopic (exact) mass is 479 g/mol. The van der Waals surface area contributed by atoms with E-state index in [2.05, 4.69) is 19.1 Å². The molecule has 172 valence electrons. The van der Waals surface area contributed by atoms with Crippen LogP contribution >= 0.6 is 11.3 Å². The number of hydrogen-bond donors (Lipinski definition) is 0. The summed E-state index contributed by atoms with van der Waals surface area (Å²) < 4.78 is 12.2. The zero-order chi connectivity index (χ0) is 24.4. The summed E-state index contributed by atoms with van der Waals surface area (Å²) in [7, 11) is 0. The van der Waals surface area contributed by atoms with Crippen molar-refractivity contribution in [3.05, 3.63) is 113 Å². The summed E-state index contributed by atoms with van der Waals surface area (Å²) in [4.78, 5) is 29.7. The molecule has 4 aromatic carbocycles. The lowest BCUT2D eigenvalue weighted by atomic mass is 10.1. The third-order valence-electron chi connectivity index (χ3n) is 5.48. The topological polar surface area (TPSA) is 65.5 Å². The van der Waals surface area contributed by atoms with E-state index in [0.717, 1.165) is 20.8 Å². The van der Waals surface area contributed by atoms with E-state index in [1.165, 1.54) is 5.56 Å². The van der Waals surface area contributed by atoms with Crippen LogP contribution in [0.2, 0.25) is 0 Å². The van der Waals surface area contributed by atoms with Crippen molar-refractivity contribution in [1.29, 1.82) is 0 Å². The summed E-state index contributed by atoms with van der Waals surface area (Å²) in [5.74, 6) is -0.108. The summed E-state index contributed by atoms with van der Waals surface area (Å²) in [5.41, 5.74) is 4.62. The first kappa shape index (κ1) is 22.5. The van der Waals surface area contributed by atoms with Crippen LogP contribution in [0.1, 0.15) is 31.8 Å². The Labute approximate surface area is 206 Å². The Hall–Kier alpha value is -4.29. The minimum absolute atomic E-state index is 0.368. The van der Waals surface area contributed by atoms with Gasteiger partial charge >= 0.3 is 11.9 Å². The minimum Gasteiger partial charge on any atom is -0.423 e. The van der Waals surface area contributed by atoms with Gasteiger partial charge in [0.1, 0.15) is 16.5 Å². The summed E-state index contributed by atoms with van der Waals surface area (Å²) in [5, 5.41) is 0.916.